The number of sulfonamides is 1. The summed E-state index contributed by atoms with van der Waals surface area (Å²) in [6.07, 6.45) is 1.56. The van der Waals surface area contributed by atoms with Crippen LogP contribution in [0.25, 0.3) is 0 Å². The van der Waals surface area contributed by atoms with E-state index < -0.39 is 10.0 Å². The van der Waals surface area contributed by atoms with Crippen molar-refractivity contribution in [2.45, 2.75) is 39.3 Å². The van der Waals surface area contributed by atoms with Crippen LogP contribution in [0.1, 0.15) is 42.6 Å². The Balaban J connectivity index is 1.64. The lowest BCUT2D eigenvalue weighted by molar-refractivity contribution is 0.0951. The first-order valence-electron chi connectivity index (χ1n) is 10.0. The molecule has 2 aromatic rings. The zero-order valence-corrected chi connectivity index (χ0v) is 18.4. The number of nitrogens with one attached hydrogen (secondary N) is 1. The van der Waals surface area contributed by atoms with Gasteiger partial charge in [0.05, 0.1) is 24.7 Å². The van der Waals surface area contributed by atoms with Gasteiger partial charge < -0.3 is 14.8 Å². The van der Waals surface area contributed by atoms with Gasteiger partial charge in [0.1, 0.15) is 0 Å². The monoisotopic (exact) mass is 432 g/mol. The van der Waals surface area contributed by atoms with Crippen molar-refractivity contribution in [3.05, 3.63) is 53.6 Å². The first-order chi connectivity index (χ1) is 14.3. The Labute approximate surface area is 178 Å². The predicted octanol–water partition coefficient (Wildman–Crippen LogP) is 3.34. The van der Waals surface area contributed by atoms with Crippen LogP contribution in [0.3, 0.4) is 0 Å². The fraction of sp³-hybridized carbons (Fsp3) is 0.409. The molecule has 0 spiro atoms. The molecule has 1 aliphatic heterocycles. The minimum Gasteiger partial charge on any atom is -0.493 e. The number of benzene rings is 2. The molecule has 0 aromatic heterocycles. The van der Waals surface area contributed by atoms with Gasteiger partial charge in [-0.1, -0.05) is 6.07 Å². The van der Waals surface area contributed by atoms with E-state index >= 15 is 0 Å². The Hall–Kier alpha value is -2.74. The zero-order chi connectivity index (χ0) is 21.7. The highest BCUT2D eigenvalue weighted by Crippen LogP contribution is 2.29. The number of nitrogens with zero attached hydrogens (tertiary/aromatic N) is 1. The summed E-state index contributed by atoms with van der Waals surface area (Å²) < 4.78 is 36.9. The summed E-state index contributed by atoms with van der Waals surface area (Å²) >= 11 is 0. The minimum atomic E-state index is -3.26. The number of amides is 1. The summed E-state index contributed by atoms with van der Waals surface area (Å²) in [6, 6.07) is 12.2. The fourth-order valence-corrected chi connectivity index (χ4v) is 4.96. The molecule has 1 N–H and O–H groups in total. The lowest BCUT2D eigenvalue weighted by Crippen LogP contribution is -2.37. The predicted molar refractivity (Wildman–Crippen MR) is 117 cm³/mol. The number of hydrogen-bond acceptors (Lipinski definition) is 5. The molecule has 2 aromatic carbocycles. The molecular formula is C22H28N2O5S. The second-order valence-electron chi connectivity index (χ2n) is 7.48. The van der Waals surface area contributed by atoms with Crippen molar-refractivity contribution >= 4 is 21.6 Å². The molecule has 3 rings (SSSR count). The van der Waals surface area contributed by atoms with Crippen molar-refractivity contribution in [3.63, 3.8) is 0 Å². The average Bonchev–Trinajstić information content (AvgIpc) is 2.72. The van der Waals surface area contributed by atoms with Crippen molar-refractivity contribution in [2.24, 2.45) is 0 Å². The van der Waals surface area contributed by atoms with Gasteiger partial charge in [-0.25, -0.2) is 8.42 Å². The van der Waals surface area contributed by atoms with Crippen LogP contribution in [0, 0.1) is 0 Å². The van der Waals surface area contributed by atoms with E-state index in [1.807, 2.05) is 32.0 Å². The van der Waals surface area contributed by atoms with Gasteiger partial charge in [0.2, 0.25) is 10.0 Å². The number of carbonyl (C=O) groups excluding carboxylic acids is 1. The van der Waals surface area contributed by atoms with Gasteiger partial charge >= 0.3 is 0 Å². The first kappa shape index (κ1) is 22.0. The molecule has 1 aliphatic rings. The van der Waals surface area contributed by atoms with Crippen LogP contribution >= 0.6 is 0 Å². The number of methoxy groups -OCH3 is 1. The number of rotatable bonds is 7. The molecule has 7 nitrogen and oxygen atoms in total. The van der Waals surface area contributed by atoms with Gasteiger partial charge in [0.15, 0.2) is 11.5 Å². The van der Waals surface area contributed by atoms with Crippen LogP contribution in [0.4, 0.5) is 5.69 Å². The lowest BCUT2D eigenvalue weighted by Gasteiger charge is -2.28. The highest BCUT2D eigenvalue weighted by Gasteiger charge is 2.26. The van der Waals surface area contributed by atoms with E-state index in [-0.39, 0.29) is 17.8 Å². The molecule has 0 aliphatic carbocycles. The normalized spacial score (nSPS) is 15.7. The maximum absolute atomic E-state index is 12.5. The molecule has 0 atom stereocenters. The Morgan fingerprint density at radius 3 is 2.47 bits per heavy atom. The maximum atomic E-state index is 12.5. The Kier molecular flexibility index (Phi) is 6.87. The number of carbonyl (C=O) groups is 1. The fourth-order valence-electron chi connectivity index (χ4n) is 3.32. The largest absolute Gasteiger partial charge is 0.493 e. The minimum absolute atomic E-state index is 0.0346. The third kappa shape index (κ3) is 5.24. The molecule has 0 saturated carbocycles. The van der Waals surface area contributed by atoms with Crippen LogP contribution < -0.4 is 19.1 Å². The first-order valence-corrected chi connectivity index (χ1v) is 11.6. The summed E-state index contributed by atoms with van der Waals surface area (Å²) in [7, 11) is -1.68. The van der Waals surface area contributed by atoms with Crippen LogP contribution in [0.5, 0.6) is 11.5 Å². The molecule has 30 heavy (non-hydrogen) atoms. The van der Waals surface area contributed by atoms with Crippen molar-refractivity contribution in [2.75, 3.05) is 23.7 Å². The van der Waals surface area contributed by atoms with Crippen molar-refractivity contribution in [1.29, 1.82) is 0 Å². The van der Waals surface area contributed by atoms with Crippen molar-refractivity contribution in [3.8, 4) is 11.5 Å². The Morgan fingerprint density at radius 2 is 1.83 bits per heavy atom. The lowest BCUT2D eigenvalue weighted by atomic mass is 10.1. The van der Waals surface area contributed by atoms with Gasteiger partial charge in [0.25, 0.3) is 5.91 Å². The highest BCUT2D eigenvalue weighted by atomic mass is 32.2. The zero-order valence-electron chi connectivity index (χ0n) is 17.6. The summed E-state index contributed by atoms with van der Waals surface area (Å²) in [5, 5.41) is 2.87. The molecule has 1 amide bonds. The van der Waals surface area contributed by atoms with Crippen molar-refractivity contribution < 1.29 is 22.7 Å². The Bertz CT molecular complexity index is 987. The second kappa shape index (κ2) is 9.38. The van der Waals surface area contributed by atoms with Gasteiger partial charge in [0, 0.05) is 18.7 Å². The molecule has 1 saturated heterocycles. The third-order valence-corrected chi connectivity index (χ3v) is 6.68. The summed E-state index contributed by atoms with van der Waals surface area (Å²) in [4.78, 5) is 12.5. The SMILES string of the molecule is COc1cc(CNC(=O)c2ccc(N3CCCCS3(=O)=O)cc2)ccc1OC(C)C. The maximum Gasteiger partial charge on any atom is 0.251 e. The molecule has 0 bridgehead atoms. The van der Waals surface area contributed by atoms with E-state index in [9.17, 15) is 13.2 Å². The topological polar surface area (TPSA) is 84.9 Å². The standard InChI is InChI=1S/C22H28N2O5S/c1-16(2)29-20-11-6-17(14-21(20)28-3)15-23-22(25)18-7-9-19(10-8-18)24-12-4-5-13-30(24,26)27/h6-11,14,16H,4-5,12-13,15H2,1-3H3,(H,23,25). The van der Waals surface area contributed by atoms with E-state index in [1.54, 1.807) is 31.4 Å². The number of ether oxygens (including phenoxy) is 2. The quantitative estimate of drug-likeness (QED) is 0.725. The van der Waals surface area contributed by atoms with Crippen LogP contribution in [-0.2, 0) is 16.6 Å². The van der Waals surface area contributed by atoms with Gasteiger partial charge in [-0.15, -0.1) is 0 Å². The number of anilines is 1. The van der Waals surface area contributed by atoms with Crippen LogP contribution in [0.2, 0.25) is 0 Å². The van der Waals surface area contributed by atoms with E-state index in [1.165, 1.54) is 4.31 Å². The Morgan fingerprint density at radius 1 is 1.10 bits per heavy atom. The summed E-state index contributed by atoms with van der Waals surface area (Å²) in [5.74, 6) is 1.21. The van der Waals surface area contributed by atoms with Gasteiger partial charge in [-0.2, -0.15) is 0 Å². The van der Waals surface area contributed by atoms with E-state index in [0.29, 0.717) is 42.3 Å². The third-order valence-electron chi connectivity index (χ3n) is 4.81. The molecule has 162 valence electrons. The molecular weight excluding hydrogens is 404 g/mol. The van der Waals surface area contributed by atoms with Crippen LogP contribution in [0.15, 0.2) is 42.5 Å². The molecule has 0 radical (unpaired) electrons. The molecule has 8 heteroatoms. The van der Waals surface area contributed by atoms with Gasteiger partial charge in [-0.05, 0) is 68.7 Å². The van der Waals surface area contributed by atoms with E-state index in [4.69, 9.17) is 9.47 Å². The molecule has 1 heterocycles. The average molecular weight is 433 g/mol. The van der Waals surface area contributed by atoms with Crippen LogP contribution in [-0.4, -0.2) is 39.8 Å². The van der Waals surface area contributed by atoms with Crippen molar-refractivity contribution in [1.82, 2.24) is 5.32 Å². The van der Waals surface area contributed by atoms with Gasteiger partial charge in [-0.3, -0.25) is 9.10 Å². The summed E-state index contributed by atoms with van der Waals surface area (Å²) in [6.45, 7) is 4.70. The molecule has 0 unspecified atom stereocenters. The summed E-state index contributed by atoms with van der Waals surface area (Å²) in [5.41, 5.74) is 1.95. The number of hydrogen-bond donors (Lipinski definition) is 1. The second-order valence-corrected chi connectivity index (χ2v) is 9.49. The highest BCUT2D eigenvalue weighted by molar-refractivity contribution is 7.92. The van der Waals surface area contributed by atoms with E-state index in [2.05, 4.69) is 5.32 Å². The van der Waals surface area contributed by atoms with E-state index in [0.717, 1.165) is 12.0 Å². The molecule has 1 fully saturated rings. The smallest absolute Gasteiger partial charge is 0.251 e.